The Morgan fingerprint density at radius 2 is 1.50 bits per heavy atom. The van der Waals surface area contributed by atoms with Crippen LogP contribution in [0, 0.1) is 5.92 Å². The maximum absolute atomic E-state index is 5.58. The van der Waals surface area contributed by atoms with Crippen molar-refractivity contribution in [3.05, 3.63) is 0 Å². The Labute approximate surface area is 102 Å². The van der Waals surface area contributed by atoms with Gasteiger partial charge in [-0.05, 0) is 38.5 Å². The van der Waals surface area contributed by atoms with Gasteiger partial charge in [0.1, 0.15) is 0 Å². The van der Waals surface area contributed by atoms with Crippen LogP contribution in [0.2, 0.25) is 0 Å². The molecule has 0 spiro atoms. The van der Waals surface area contributed by atoms with Crippen LogP contribution in [0.3, 0.4) is 0 Å². The minimum absolute atomic E-state index is 0.745. The van der Waals surface area contributed by atoms with E-state index in [2.05, 4.69) is 37.5 Å². The van der Waals surface area contributed by atoms with E-state index in [1.54, 1.807) is 0 Å². The van der Waals surface area contributed by atoms with Gasteiger partial charge in [0.05, 0.1) is 0 Å². The zero-order valence-electron chi connectivity index (χ0n) is 11.7. The Morgan fingerprint density at radius 3 is 1.94 bits per heavy atom. The Balaban J connectivity index is 3.89. The van der Waals surface area contributed by atoms with Crippen molar-refractivity contribution < 1.29 is 0 Å². The smallest absolute Gasteiger partial charge is 0.0109 e. The van der Waals surface area contributed by atoms with E-state index < -0.39 is 0 Å². The highest BCUT2D eigenvalue weighted by Gasteiger charge is 2.08. The number of rotatable bonds is 10. The zero-order chi connectivity index (χ0) is 12.4. The molecule has 0 amide bonds. The lowest BCUT2D eigenvalue weighted by Gasteiger charge is -2.27. The fourth-order valence-electron chi connectivity index (χ4n) is 1.95. The van der Waals surface area contributed by atoms with Gasteiger partial charge >= 0.3 is 0 Å². The number of nitrogens with two attached hydrogens (primary N) is 1. The van der Waals surface area contributed by atoms with E-state index in [0.717, 1.165) is 38.5 Å². The highest BCUT2D eigenvalue weighted by molar-refractivity contribution is 4.64. The molecule has 0 saturated heterocycles. The number of hydrogen-bond acceptors (Lipinski definition) is 3. The third-order valence-electron chi connectivity index (χ3n) is 2.93. The highest BCUT2D eigenvalue weighted by Crippen LogP contribution is 2.00. The largest absolute Gasteiger partial charge is 0.330 e. The summed E-state index contributed by atoms with van der Waals surface area (Å²) in [4.78, 5) is 5.03. The van der Waals surface area contributed by atoms with E-state index in [-0.39, 0.29) is 0 Å². The quantitative estimate of drug-likeness (QED) is 0.618. The first kappa shape index (κ1) is 15.9. The molecular weight excluding hydrogens is 198 g/mol. The van der Waals surface area contributed by atoms with E-state index in [0.29, 0.717) is 0 Å². The lowest BCUT2D eigenvalue weighted by Crippen LogP contribution is -2.37. The van der Waals surface area contributed by atoms with Crippen LogP contribution in [-0.4, -0.2) is 55.6 Å². The van der Waals surface area contributed by atoms with Crippen molar-refractivity contribution >= 4 is 0 Å². The van der Waals surface area contributed by atoms with Crippen LogP contribution in [0.15, 0.2) is 0 Å². The van der Waals surface area contributed by atoms with Crippen molar-refractivity contribution in [3.8, 4) is 0 Å². The van der Waals surface area contributed by atoms with E-state index >= 15 is 0 Å². The molecule has 0 bridgehead atoms. The molecule has 98 valence electrons. The van der Waals surface area contributed by atoms with Crippen LogP contribution < -0.4 is 5.73 Å². The predicted octanol–water partition coefficient (Wildman–Crippen LogP) is 1.64. The Bertz CT molecular complexity index is 144. The van der Waals surface area contributed by atoms with Gasteiger partial charge in [-0.1, -0.05) is 27.7 Å². The lowest BCUT2D eigenvalue weighted by atomic mass is 10.2. The minimum Gasteiger partial charge on any atom is -0.330 e. The maximum atomic E-state index is 5.58. The van der Waals surface area contributed by atoms with Crippen molar-refractivity contribution in [2.24, 2.45) is 11.7 Å². The summed E-state index contributed by atoms with van der Waals surface area (Å²) in [5.41, 5.74) is 5.58. The first-order chi connectivity index (χ1) is 7.63. The first-order valence-electron chi connectivity index (χ1n) is 6.78. The van der Waals surface area contributed by atoms with E-state index in [1.807, 2.05) is 0 Å². The normalized spacial score (nSPS) is 12.0. The molecule has 0 aliphatic heterocycles. The molecule has 0 aliphatic rings. The average molecular weight is 229 g/mol. The summed E-state index contributed by atoms with van der Waals surface area (Å²) in [5, 5.41) is 0. The fraction of sp³-hybridized carbons (Fsp3) is 1.00. The number of nitrogens with zero attached hydrogens (tertiary/aromatic N) is 2. The predicted molar refractivity (Wildman–Crippen MR) is 72.7 cm³/mol. The molecule has 2 N–H and O–H groups in total. The van der Waals surface area contributed by atoms with Gasteiger partial charge in [0.2, 0.25) is 0 Å². The SMILES string of the molecule is CCN(CC)CCN(CCCN)CC(C)C. The van der Waals surface area contributed by atoms with Crippen LogP contribution in [-0.2, 0) is 0 Å². The van der Waals surface area contributed by atoms with Crippen molar-refractivity contribution in [1.29, 1.82) is 0 Å². The average Bonchev–Trinajstić information content (AvgIpc) is 2.26. The van der Waals surface area contributed by atoms with Gasteiger partial charge in [0.15, 0.2) is 0 Å². The summed E-state index contributed by atoms with van der Waals surface area (Å²) in [7, 11) is 0. The topological polar surface area (TPSA) is 32.5 Å². The lowest BCUT2D eigenvalue weighted by molar-refractivity contribution is 0.197. The highest BCUT2D eigenvalue weighted by atomic mass is 15.2. The van der Waals surface area contributed by atoms with Crippen LogP contribution >= 0.6 is 0 Å². The molecule has 0 aromatic carbocycles. The molecule has 0 aromatic heterocycles. The number of likely N-dealkylation sites (N-methyl/N-ethyl adjacent to an activating group) is 1. The molecule has 0 radical (unpaired) electrons. The van der Waals surface area contributed by atoms with Gasteiger partial charge in [-0.25, -0.2) is 0 Å². The van der Waals surface area contributed by atoms with Gasteiger partial charge < -0.3 is 15.5 Å². The summed E-state index contributed by atoms with van der Waals surface area (Å²) in [5.74, 6) is 0.745. The second kappa shape index (κ2) is 10.1. The van der Waals surface area contributed by atoms with Crippen molar-refractivity contribution in [2.75, 3.05) is 45.8 Å². The maximum Gasteiger partial charge on any atom is 0.0109 e. The summed E-state index contributed by atoms with van der Waals surface area (Å²) < 4.78 is 0. The summed E-state index contributed by atoms with van der Waals surface area (Å²) >= 11 is 0. The first-order valence-corrected chi connectivity index (χ1v) is 6.78. The van der Waals surface area contributed by atoms with Crippen molar-refractivity contribution in [2.45, 2.75) is 34.1 Å². The molecule has 0 rings (SSSR count). The molecule has 3 heteroatoms. The molecule has 0 heterocycles. The minimum atomic E-state index is 0.745. The molecular formula is C13H31N3. The summed E-state index contributed by atoms with van der Waals surface area (Å²) in [6.45, 7) is 16.9. The van der Waals surface area contributed by atoms with Gasteiger partial charge in [0.25, 0.3) is 0 Å². The molecule has 16 heavy (non-hydrogen) atoms. The van der Waals surface area contributed by atoms with Crippen LogP contribution in [0.1, 0.15) is 34.1 Å². The van der Waals surface area contributed by atoms with Gasteiger partial charge in [-0.3, -0.25) is 0 Å². The van der Waals surface area contributed by atoms with E-state index in [1.165, 1.54) is 19.6 Å². The van der Waals surface area contributed by atoms with E-state index in [9.17, 15) is 0 Å². The molecule has 0 fully saturated rings. The monoisotopic (exact) mass is 229 g/mol. The number of hydrogen-bond donors (Lipinski definition) is 1. The van der Waals surface area contributed by atoms with E-state index in [4.69, 9.17) is 5.73 Å². The van der Waals surface area contributed by atoms with Crippen LogP contribution in [0.4, 0.5) is 0 Å². The molecule has 0 unspecified atom stereocenters. The van der Waals surface area contributed by atoms with Gasteiger partial charge in [-0.15, -0.1) is 0 Å². The second-order valence-corrected chi connectivity index (χ2v) is 4.86. The third kappa shape index (κ3) is 8.08. The summed E-state index contributed by atoms with van der Waals surface area (Å²) in [6.07, 6.45) is 1.12. The Morgan fingerprint density at radius 1 is 0.938 bits per heavy atom. The molecule has 0 aliphatic carbocycles. The second-order valence-electron chi connectivity index (χ2n) is 4.86. The fourth-order valence-corrected chi connectivity index (χ4v) is 1.95. The standard InChI is InChI=1S/C13H31N3/c1-5-15(6-2)10-11-16(9-7-8-14)12-13(3)4/h13H,5-12,14H2,1-4H3. The Kier molecular flexibility index (Phi) is 9.99. The molecule has 0 saturated carbocycles. The van der Waals surface area contributed by atoms with Gasteiger partial charge in [-0.2, -0.15) is 0 Å². The van der Waals surface area contributed by atoms with Crippen LogP contribution in [0.5, 0.6) is 0 Å². The Hall–Kier alpha value is -0.120. The van der Waals surface area contributed by atoms with Crippen molar-refractivity contribution in [1.82, 2.24) is 9.80 Å². The molecule has 0 atom stereocenters. The van der Waals surface area contributed by atoms with Crippen molar-refractivity contribution in [3.63, 3.8) is 0 Å². The molecule has 0 aromatic rings. The van der Waals surface area contributed by atoms with Crippen LogP contribution in [0.25, 0.3) is 0 Å². The zero-order valence-corrected chi connectivity index (χ0v) is 11.7. The third-order valence-corrected chi connectivity index (χ3v) is 2.93. The summed E-state index contributed by atoms with van der Waals surface area (Å²) in [6, 6.07) is 0. The molecule has 3 nitrogen and oxygen atoms in total. The van der Waals surface area contributed by atoms with Gasteiger partial charge in [0, 0.05) is 19.6 Å².